The molecule has 1 aliphatic rings. The summed E-state index contributed by atoms with van der Waals surface area (Å²) in [6.45, 7) is 1.65. The van der Waals surface area contributed by atoms with Crippen molar-refractivity contribution in [2.75, 3.05) is 37.5 Å². The molecule has 1 fully saturated rings. The highest BCUT2D eigenvalue weighted by molar-refractivity contribution is 6.32. The van der Waals surface area contributed by atoms with Crippen molar-refractivity contribution in [1.82, 2.24) is 10.2 Å². The molecule has 0 saturated carbocycles. The summed E-state index contributed by atoms with van der Waals surface area (Å²) in [4.78, 5) is 13.7. The van der Waals surface area contributed by atoms with E-state index in [4.69, 9.17) is 21.1 Å². The Morgan fingerprint density at radius 1 is 1.29 bits per heavy atom. The van der Waals surface area contributed by atoms with Crippen molar-refractivity contribution >= 4 is 23.0 Å². The topological polar surface area (TPSA) is 79.5 Å². The maximum Gasteiger partial charge on any atom is 0.285 e. The third kappa shape index (κ3) is 3.41. The molecule has 0 spiro atoms. The van der Waals surface area contributed by atoms with E-state index in [1.807, 2.05) is 18.2 Å². The molecule has 24 heavy (non-hydrogen) atoms. The maximum atomic E-state index is 11.5. The van der Waals surface area contributed by atoms with Crippen molar-refractivity contribution < 1.29 is 9.47 Å². The van der Waals surface area contributed by atoms with Gasteiger partial charge in [-0.15, -0.1) is 0 Å². The zero-order valence-corrected chi connectivity index (χ0v) is 14.3. The Hall–Kier alpha value is -2.41. The standard InChI is InChI=1S/C16H19ClN4O3/c1-23-12-5-11(6-13(7-12)24-2)21-4-3-10(9-21)19-14-8-18-20-16(22)15(14)17/h5-8,10H,3-4,9H2,1-2H3,(H2,19,20,22). The zero-order chi connectivity index (χ0) is 17.1. The first-order valence-electron chi connectivity index (χ1n) is 7.58. The molecule has 1 aliphatic heterocycles. The highest BCUT2D eigenvalue weighted by atomic mass is 35.5. The monoisotopic (exact) mass is 350 g/mol. The predicted molar refractivity (Wildman–Crippen MR) is 93.7 cm³/mol. The number of H-pyrrole nitrogens is 1. The van der Waals surface area contributed by atoms with Gasteiger partial charge in [-0.2, -0.15) is 5.10 Å². The Labute approximate surface area is 144 Å². The molecule has 1 atom stereocenters. The maximum absolute atomic E-state index is 11.5. The number of ether oxygens (including phenoxy) is 2. The van der Waals surface area contributed by atoms with E-state index in [1.54, 1.807) is 14.2 Å². The molecule has 1 saturated heterocycles. The lowest BCUT2D eigenvalue weighted by Crippen LogP contribution is -2.27. The molecular weight excluding hydrogens is 332 g/mol. The van der Waals surface area contributed by atoms with Crippen LogP contribution in [-0.2, 0) is 0 Å². The quantitative estimate of drug-likeness (QED) is 0.860. The highest BCUT2D eigenvalue weighted by Crippen LogP contribution is 2.31. The molecule has 128 valence electrons. The van der Waals surface area contributed by atoms with Crippen molar-refractivity contribution in [1.29, 1.82) is 0 Å². The van der Waals surface area contributed by atoms with Gasteiger partial charge in [-0.3, -0.25) is 4.79 Å². The zero-order valence-electron chi connectivity index (χ0n) is 13.5. The average Bonchev–Trinajstić information content (AvgIpc) is 3.07. The number of hydrogen-bond acceptors (Lipinski definition) is 6. The summed E-state index contributed by atoms with van der Waals surface area (Å²) < 4.78 is 10.6. The molecule has 0 aliphatic carbocycles. The van der Waals surface area contributed by atoms with Crippen LogP contribution in [0, 0.1) is 0 Å². The molecular formula is C16H19ClN4O3. The molecule has 8 heteroatoms. The van der Waals surface area contributed by atoms with Gasteiger partial charge in [0.15, 0.2) is 0 Å². The number of nitrogens with zero attached hydrogens (tertiary/aromatic N) is 2. The van der Waals surface area contributed by atoms with Crippen LogP contribution >= 0.6 is 11.6 Å². The van der Waals surface area contributed by atoms with E-state index in [0.29, 0.717) is 5.69 Å². The van der Waals surface area contributed by atoms with Gasteiger partial charge < -0.3 is 19.7 Å². The van der Waals surface area contributed by atoms with E-state index in [9.17, 15) is 4.79 Å². The van der Waals surface area contributed by atoms with Crippen molar-refractivity contribution in [3.63, 3.8) is 0 Å². The largest absolute Gasteiger partial charge is 0.497 e. The van der Waals surface area contributed by atoms with Crippen LogP contribution in [0.3, 0.4) is 0 Å². The Kier molecular flexibility index (Phi) is 4.80. The minimum absolute atomic E-state index is 0.131. The lowest BCUT2D eigenvalue weighted by atomic mass is 10.2. The molecule has 3 rings (SSSR count). The Morgan fingerprint density at radius 2 is 2.00 bits per heavy atom. The van der Waals surface area contributed by atoms with E-state index < -0.39 is 5.56 Å². The third-order valence-electron chi connectivity index (χ3n) is 4.04. The minimum Gasteiger partial charge on any atom is -0.497 e. The molecule has 1 unspecified atom stereocenters. The summed E-state index contributed by atoms with van der Waals surface area (Å²) in [7, 11) is 3.27. The van der Waals surface area contributed by atoms with Gasteiger partial charge >= 0.3 is 0 Å². The molecule has 0 radical (unpaired) electrons. The van der Waals surface area contributed by atoms with Gasteiger partial charge in [0.25, 0.3) is 5.56 Å². The lowest BCUT2D eigenvalue weighted by molar-refractivity contribution is 0.394. The summed E-state index contributed by atoms with van der Waals surface area (Å²) in [6, 6.07) is 5.97. The summed E-state index contributed by atoms with van der Waals surface area (Å²) in [6.07, 6.45) is 2.45. The number of nitrogens with one attached hydrogen (secondary N) is 2. The Morgan fingerprint density at radius 3 is 2.67 bits per heavy atom. The summed E-state index contributed by atoms with van der Waals surface area (Å²) in [5.74, 6) is 1.50. The number of halogens is 1. The van der Waals surface area contributed by atoms with E-state index in [1.165, 1.54) is 6.20 Å². The first kappa shape index (κ1) is 16.4. The van der Waals surface area contributed by atoms with Crippen molar-refractivity contribution in [3.05, 3.63) is 39.8 Å². The average molecular weight is 351 g/mol. The van der Waals surface area contributed by atoms with Crippen LogP contribution in [0.25, 0.3) is 0 Å². The van der Waals surface area contributed by atoms with Gasteiger partial charge in [0, 0.05) is 43.0 Å². The molecule has 2 N–H and O–H groups in total. The second kappa shape index (κ2) is 7.00. The first-order valence-corrected chi connectivity index (χ1v) is 7.96. The molecule has 7 nitrogen and oxygen atoms in total. The fraction of sp³-hybridized carbons (Fsp3) is 0.375. The van der Waals surface area contributed by atoms with E-state index >= 15 is 0 Å². The number of aromatic amines is 1. The number of aromatic nitrogens is 2. The second-order valence-corrected chi connectivity index (χ2v) is 5.95. The van der Waals surface area contributed by atoms with Gasteiger partial charge in [-0.05, 0) is 6.42 Å². The smallest absolute Gasteiger partial charge is 0.285 e. The Bertz CT molecular complexity index is 758. The lowest BCUT2D eigenvalue weighted by Gasteiger charge is -2.21. The SMILES string of the molecule is COc1cc(OC)cc(N2CCC(Nc3cn[nH]c(=O)c3Cl)C2)c1. The molecule has 1 aromatic heterocycles. The minimum atomic E-state index is -0.394. The van der Waals surface area contributed by atoms with Gasteiger partial charge in [0.05, 0.1) is 26.1 Å². The van der Waals surface area contributed by atoms with Crippen LogP contribution in [0.1, 0.15) is 6.42 Å². The third-order valence-corrected chi connectivity index (χ3v) is 4.42. The molecule has 0 amide bonds. The summed E-state index contributed by atoms with van der Waals surface area (Å²) in [5, 5.41) is 9.51. The van der Waals surface area contributed by atoms with Crippen LogP contribution in [0.15, 0.2) is 29.2 Å². The molecule has 2 heterocycles. The van der Waals surface area contributed by atoms with Crippen LogP contribution in [0.2, 0.25) is 5.02 Å². The van der Waals surface area contributed by atoms with Gasteiger partial charge in [-0.1, -0.05) is 11.6 Å². The van der Waals surface area contributed by atoms with Gasteiger partial charge in [-0.25, -0.2) is 5.10 Å². The van der Waals surface area contributed by atoms with Crippen LogP contribution in [-0.4, -0.2) is 43.5 Å². The van der Waals surface area contributed by atoms with Gasteiger partial charge in [0.1, 0.15) is 16.5 Å². The molecule has 2 aromatic rings. The molecule has 1 aromatic carbocycles. The number of rotatable bonds is 5. The van der Waals surface area contributed by atoms with Crippen LogP contribution in [0.5, 0.6) is 11.5 Å². The number of anilines is 2. The number of methoxy groups -OCH3 is 2. The van der Waals surface area contributed by atoms with Crippen molar-refractivity contribution in [2.24, 2.45) is 0 Å². The van der Waals surface area contributed by atoms with Crippen molar-refractivity contribution in [2.45, 2.75) is 12.5 Å². The predicted octanol–water partition coefficient (Wildman–Crippen LogP) is 2.13. The van der Waals surface area contributed by atoms with E-state index in [0.717, 1.165) is 36.7 Å². The number of hydrogen-bond donors (Lipinski definition) is 2. The van der Waals surface area contributed by atoms with E-state index in [-0.39, 0.29) is 11.1 Å². The second-order valence-electron chi connectivity index (χ2n) is 5.57. The fourth-order valence-electron chi connectivity index (χ4n) is 2.79. The Balaban J connectivity index is 1.73. The normalized spacial score (nSPS) is 17.0. The highest BCUT2D eigenvalue weighted by Gasteiger charge is 2.24. The summed E-state index contributed by atoms with van der Waals surface area (Å²) >= 11 is 6.01. The first-order chi connectivity index (χ1) is 11.6. The van der Waals surface area contributed by atoms with Gasteiger partial charge in [0.2, 0.25) is 0 Å². The van der Waals surface area contributed by atoms with Crippen LogP contribution < -0.4 is 25.2 Å². The van der Waals surface area contributed by atoms with Crippen molar-refractivity contribution in [3.8, 4) is 11.5 Å². The summed E-state index contributed by atoms with van der Waals surface area (Å²) in [5.41, 5.74) is 1.19. The molecule has 0 bridgehead atoms. The fourth-order valence-corrected chi connectivity index (χ4v) is 2.94. The number of benzene rings is 1. The van der Waals surface area contributed by atoms with Crippen LogP contribution in [0.4, 0.5) is 11.4 Å². The van der Waals surface area contributed by atoms with E-state index in [2.05, 4.69) is 20.4 Å².